The summed E-state index contributed by atoms with van der Waals surface area (Å²) in [4.78, 5) is 14.4. The fourth-order valence-corrected chi connectivity index (χ4v) is 3.71. The molecule has 0 atom stereocenters. The van der Waals surface area contributed by atoms with Crippen molar-refractivity contribution in [3.63, 3.8) is 0 Å². The van der Waals surface area contributed by atoms with Crippen LogP contribution < -0.4 is 20.1 Å². The molecule has 5 nitrogen and oxygen atoms in total. The maximum absolute atomic E-state index is 12.3. The molecule has 2 aromatic rings. The van der Waals surface area contributed by atoms with Crippen LogP contribution in [0.5, 0.6) is 11.5 Å². The molecular weight excluding hydrogens is 348 g/mol. The van der Waals surface area contributed by atoms with Gasteiger partial charge in [-0.15, -0.1) is 0 Å². The van der Waals surface area contributed by atoms with Gasteiger partial charge in [0.05, 0.1) is 12.2 Å². The van der Waals surface area contributed by atoms with Gasteiger partial charge >= 0.3 is 0 Å². The van der Waals surface area contributed by atoms with E-state index >= 15 is 0 Å². The largest absolute Gasteiger partial charge is 0.486 e. The molecule has 1 aliphatic carbocycles. The lowest BCUT2D eigenvalue weighted by Crippen LogP contribution is -2.29. The van der Waals surface area contributed by atoms with E-state index in [0.717, 1.165) is 33.7 Å². The van der Waals surface area contributed by atoms with Crippen molar-refractivity contribution in [2.75, 3.05) is 31.6 Å². The maximum atomic E-state index is 12.3. The molecule has 2 N–H and O–H groups in total. The normalized spacial score (nSPS) is 15.5. The Morgan fingerprint density at radius 1 is 1.08 bits per heavy atom. The van der Waals surface area contributed by atoms with E-state index in [0.29, 0.717) is 25.5 Å². The third-order valence-corrected chi connectivity index (χ3v) is 5.37. The minimum absolute atomic E-state index is 0.0442. The van der Waals surface area contributed by atoms with E-state index < -0.39 is 0 Å². The van der Waals surface area contributed by atoms with Gasteiger partial charge in [0.25, 0.3) is 0 Å². The van der Waals surface area contributed by atoms with Crippen LogP contribution in [0, 0.1) is 5.92 Å². The lowest BCUT2D eigenvalue weighted by atomic mass is 10.2. The molecule has 1 amide bonds. The monoisotopic (exact) mass is 370 g/mol. The molecule has 0 radical (unpaired) electrons. The molecule has 0 aromatic heterocycles. The van der Waals surface area contributed by atoms with Crippen molar-refractivity contribution >= 4 is 23.4 Å². The highest BCUT2D eigenvalue weighted by molar-refractivity contribution is 7.99. The summed E-state index contributed by atoms with van der Waals surface area (Å²) in [6.07, 6.45) is 2.54. The van der Waals surface area contributed by atoms with Crippen molar-refractivity contribution < 1.29 is 14.3 Å². The van der Waals surface area contributed by atoms with Crippen molar-refractivity contribution in [1.29, 1.82) is 0 Å². The van der Waals surface area contributed by atoms with Crippen LogP contribution in [0.25, 0.3) is 0 Å². The van der Waals surface area contributed by atoms with Crippen molar-refractivity contribution in [2.45, 2.75) is 22.6 Å². The standard InChI is InChI=1S/C20H22N2O3S/c23-20(13-21-12-14-6-7-14)22-16-10-17-18(25-9-8-24-17)11-19(16)26-15-4-2-1-3-5-15/h1-5,10-11,14,21H,6-9,12-13H2,(H,22,23). The Morgan fingerprint density at radius 3 is 2.54 bits per heavy atom. The Morgan fingerprint density at radius 2 is 1.81 bits per heavy atom. The predicted molar refractivity (Wildman–Crippen MR) is 102 cm³/mol. The molecule has 0 spiro atoms. The second-order valence-corrected chi connectivity index (χ2v) is 7.64. The van der Waals surface area contributed by atoms with Gasteiger partial charge in [-0.3, -0.25) is 4.79 Å². The number of benzene rings is 2. The molecule has 0 bridgehead atoms. The zero-order valence-corrected chi connectivity index (χ0v) is 15.3. The number of nitrogens with one attached hydrogen (secondary N) is 2. The highest BCUT2D eigenvalue weighted by Crippen LogP contribution is 2.42. The zero-order valence-electron chi connectivity index (χ0n) is 14.5. The van der Waals surface area contributed by atoms with Crippen molar-refractivity contribution in [3.8, 4) is 11.5 Å². The molecule has 1 fully saturated rings. The second kappa shape index (κ2) is 8.01. The van der Waals surface area contributed by atoms with Gasteiger partial charge in [0, 0.05) is 21.9 Å². The Bertz CT molecular complexity index is 778. The first-order valence-electron chi connectivity index (χ1n) is 8.95. The number of anilines is 1. The summed E-state index contributed by atoms with van der Waals surface area (Å²) in [5.74, 6) is 2.10. The Labute approximate surface area is 157 Å². The molecule has 136 valence electrons. The predicted octanol–water partition coefficient (Wildman–Crippen LogP) is 3.55. The third-order valence-electron chi connectivity index (χ3n) is 4.30. The Balaban J connectivity index is 1.51. The van der Waals surface area contributed by atoms with Gasteiger partial charge in [-0.25, -0.2) is 0 Å². The van der Waals surface area contributed by atoms with Gasteiger partial charge in [-0.05, 0) is 37.4 Å². The minimum Gasteiger partial charge on any atom is -0.486 e. The number of carbonyl (C=O) groups is 1. The molecular formula is C20H22N2O3S. The Hall–Kier alpha value is -2.18. The smallest absolute Gasteiger partial charge is 0.238 e. The van der Waals surface area contributed by atoms with Gasteiger partial charge in [-0.1, -0.05) is 30.0 Å². The summed E-state index contributed by atoms with van der Waals surface area (Å²) in [7, 11) is 0. The summed E-state index contributed by atoms with van der Waals surface area (Å²) < 4.78 is 11.4. The molecule has 0 saturated heterocycles. The fraction of sp³-hybridized carbons (Fsp3) is 0.350. The average molecular weight is 370 g/mol. The topological polar surface area (TPSA) is 59.6 Å². The number of ether oxygens (including phenoxy) is 2. The van der Waals surface area contributed by atoms with Gasteiger partial charge in [0.1, 0.15) is 13.2 Å². The first kappa shape index (κ1) is 17.2. The van der Waals surface area contributed by atoms with Gasteiger partial charge in [-0.2, -0.15) is 0 Å². The van der Waals surface area contributed by atoms with Crippen molar-refractivity contribution in [3.05, 3.63) is 42.5 Å². The minimum atomic E-state index is -0.0442. The average Bonchev–Trinajstić information content (AvgIpc) is 3.47. The molecule has 4 rings (SSSR count). The summed E-state index contributed by atoms with van der Waals surface area (Å²) in [6.45, 7) is 2.30. The number of amides is 1. The van der Waals surface area contributed by atoms with E-state index in [1.807, 2.05) is 42.5 Å². The fourth-order valence-electron chi connectivity index (χ4n) is 2.77. The van der Waals surface area contributed by atoms with E-state index in [4.69, 9.17) is 9.47 Å². The number of rotatable bonds is 7. The van der Waals surface area contributed by atoms with Crippen LogP contribution in [-0.4, -0.2) is 32.2 Å². The molecule has 1 aliphatic heterocycles. The van der Waals surface area contributed by atoms with Crippen molar-refractivity contribution in [1.82, 2.24) is 5.32 Å². The number of hydrogen-bond acceptors (Lipinski definition) is 5. The van der Waals surface area contributed by atoms with E-state index in [9.17, 15) is 4.79 Å². The first-order chi connectivity index (χ1) is 12.8. The molecule has 0 unspecified atom stereocenters. The summed E-state index contributed by atoms with van der Waals surface area (Å²) in [5.41, 5.74) is 0.751. The van der Waals surface area contributed by atoms with Crippen LogP contribution in [0.2, 0.25) is 0 Å². The SMILES string of the molecule is O=C(CNCC1CC1)Nc1cc2c(cc1Sc1ccccc1)OCCO2. The third kappa shape index (κ3) is 4.51. The summed E-state index contributed by atoms with van der Waals surface area (Å²) in [6, 6.07) is 13.9. The summed E-state index contributed by atoms with van der Waals surface area (Å²) >= 11 is 1.60. The van der Waals surface area contributed by atoms with Crippen LogP contribution in [0.15, 0.2) is 52.3 Å². The molecule has 2 aromatic carbocycles. The zero-order chi connectivity index (χ0) is 17.8. The Kier molecular flexibility index (Phi) is 5.32. The van der Waals surface area contributed by atoms with E-state index in [-0.39, 0.29) is 5.91 Å². The first-order valence-corrected chi connectivity index (χ1v) is 9.77. The van der Waals surface area contributed by atoms with E-state index in [2.05, 4.69) is 10.6 Å². The van der Waals surface area contributed by atoms with Crippen LogP contribution in [0.4, 0.5) is 5.69 Å². The molecule has 1 saturated carbocycles. The van der Waals surface area contributed by atoms with Gasteiger partial charge in [0.2, 0.25) is 5.91 Å². The lowest BCUT2D eigenvalue weighted by molar-refractivity contribution is -0.115. The number of carbonyl (C=O) groups excluding carboxylic acids is 1. The molecule has 26 heavy (non-hydrogen) atoms. The van der Waals surface area contributed by atoms with Crippen LogP contribution >= 0.6 is 11.8 Å². The van der Waals surface area contributed by atoms with Crippen LogP contribution in [0.3, 0.4) is 0 Å². The van der Waals surface area contributed by atoms with Crippen LogP contribution in [0.1, 0.15) is 12.8 Å². The summed E-state index contributed by atoms with van der Waals surface area (Å²) in [5, 5.41) is 6.24. The van der Waals surface area contributed by atoms with Crippen LogP contribution in [-0.2, 0) is 4.79 Å². The quantitative estimate of drug-likeness (QED) is 0.781. The lowest BCUT2D eigenvalue weighted by Gasteiger charge is -2.21. The van der Waals surface area contributed by atoms with Gasteiger partial charge < -0.3 is 20.1 Å². The highest BCUT2D eigenvalue weighted by atomic mass is 32.2. The highest BCUT2D eigenvalue weighted by Gasteiger charge is 2.21. The van der Waals surface area contributed by atoms with E-state index in [1.54, 1.807) is 11.8 Å². The van der Waals surface area contributed by atoms with Gasteiger partial charge in [0.15, 0.2) is 11.5 Å². The maximum Gasteiger partial charge on any atom is 0.238 e. The molecule has 6 heteroatoms. The number of fused-ring (bicyclic) bond motifs is 1. The van der Waals surface area contributed by atoms with E-state index in [1.165, 1.54) is 12.8 Å². The number of hydrogen-bond donors (Lipinski definition) is 2. The van der Waals surface area contributed by atoms with Crippen molar-refractivity contribution in [2.24, 2.45) is 5.92 Å². The molecule has 2 aliphatic rings. The second-order valence-electron chi connectivity index (χ2n) is 6.53. The molecule has 1 heterocycles.